The summed E-state index contributed by atoms with van der Waals surface area (Å²) in [6.45, 7) is 11.5. The van der Waals surface area contributed by atoms with Crippen molar-refractivity contribution >= 4 is 21.6 Å². The average molecular weight is 509 g/mol. The Kier molecular flexibility index (Phi) is 8.46. The molecule has 7 heteroatoms. The molecule has 3 aromatic carbocycles. The lowest BCUT2D eigenvalue weighted by atomic mass is 9.93. The van der Waals surface area contributed by atoms with E-state index in [0.29, 0.717) is 5.69 Å². The van der Waals surface area contributed by atoms with Gasteiger partial charge in [0.1, 0.15) is 12.3 Å². The second-order valence-corrected chi connectivity index (χ2v) is 11.4. The van der Waals surface area contributed by atoms with Gasteiger partial charge >= 0.3 is 0 Å². The van der Waals surface area contributed by atoms with Gasteiger partial charge in [0.15, 0.2) is 0 Å². The first-order valence-electron chi connectivity index (χ1n) is 12.1. The molecular formula is C29H36N2O4S. The Bertz CT molecular complexity index is 1330. The molecule has 6 nitrogen and oxygen atoms in total. The quantitative estimate of drug-likeness (QED) is 0.395. The molecule has 0 aliphatic heterocycles. The van der Waals surface area contributed by atoms with Crippen LogP contribution in [0, 0.1) is 20.8 Å². The summed E-state index contributed by atoms with van der Waals surface area (Å²) in [5, 5.41) is 3.01. The van der Waals surface area contributed by atoms with E-state index in [1.165, 1.54) is 4.31 Å². The predicted molar refractivity (Wildman–Crippen MR) is 145 cm³/mol. The Hall–Kier alpha value is -3.32. The summed E-state index contributed by atoms with van der Waals surface area (Å²) < 4.78 is 34.1. The van der Waals surface area contributed by atoms with Crippen molar-refractivity contribution in [1.82, 2.24) is 5.32 Å². The zero-order valence-corrected chi connectivity index (χ0v) is 22.9. The minimum absolute atomic E-state index is 0.143. The molecule has 36 heavy (non-hydrogen) atoms. The first kappa shape index (κ1) is 27.3. The zero-order chi connectivity index (χ0) is 26.6. The smallest absolute Gasteiger partial charge is 0.264 e. The van der Waals surface area contributed by atoms with Gasteiger partial charge in [-0.3, -0.25) is 9.10 Å². The highest BCUT2D eigenvalue weighted by molar-refractivity contribution is 7.92. The Labute approximate surface area is 215 Å². The van der Waals surface area contributed by atoms with E-state index < -0.39 is 10.0 Å². The molecule has 192 valence electrons. The number of nitrogens with zero attached hydrogens (tertiary/aromatic N) is 1. The van der Waals surface area contributed by atoms with Gasteiger partial charge in [-0.2, -0.15) is 0 Å². The predicted octanol–water partition coefficient (Wildman–Crippen LogP) is 5.82. The van der Waals surface area contributed by atoms with Crippen molar-refractivity contribution in [1.29, 1.82) is 0 Å². The number of rotatable bonds is 9. The fraction of sp³-hybridized carbons (Fsp3) is 0.345. The first-order chi connectivity index (χ1) is 16.9. The number of ether oxygens (including phenoxy) is 1. The average Bonchev–Trinajstić information content (AvgIpc) is 2.82. The molecule has 0 bridgehead atoms. The normalized spacial score (nSPS) is 12.3. The van der Waals surface area contributed by atoms with Crippen molar-refractivity contribution in [2.75, 3.05) is 18.0 Å². The molecule has 1 N–H and O–H groups in total. The number of methoxy groups -OCH3 is 1. The minimum Gasteiger partial charge on any atom is -0.496 e. The summed E-state index contributed by atoms with van der Waals surface area (Å²) in [6, 6.07) is 17.6. The first-order valence-corrected chi connectivity index (χ1v) is 13.5. The van der Waals surface area contributed by atoms with Gasteiger partial charge in [0.2, 0.25) is 5.91 Å². The molecule has 3 aromatic rings. The van der Waals surface area contributed by atoms with Crippen LogP contribution in [-0.2, 0) is 14.8 Å². The van der Waals surface area contributed by atoms with Crippen molar-refractivity contribution in [2.24, 2.45) is 0 Å². The van der Waals surface area contributed by atoms with Gasteiger partial charge in [-0.1, -0.05) is 49.7 Å². The van der Waals surface area contributed by atoms with Gasteiger partial charge in [-0.05, 0) is 86.2 Å². The Morgan fingerprint density at radius 1 is 0.917 bits per heavy atom. The van der Waals surface area contributed by atoms with Crippen LogP contribution in [0.2, 0.25) is 0 Å². The van der Waals surface area contributed by atoms with Gasteiger partial charge in [-0.15, -0.1) is 0 Å². The molecule has 1 amide bonds. The number of benzene rings is 3. The van der Waals surface area contributed by atoms with Crippen LogP contribution in [0.25, 0.3) is 0 Å². The van der Waals surface area contributed by atoms with E-state index in [0.717, 1.165) is 33.6 Å². The fourth-order valence-electron chi connectivity index (χ4n) is 4.29. The Morgan fingerprint density at radius 2 is 1.56 bits per heavy atom. The molecule has 0 radical (unpaired) electrons. The molecule has 1 atom stereocenters. The molecular weight excluding hydrogens is 472 g/mol. The van der Waals surface area contributed by atoms with Crippen molar-refractivity contribution in [3.63, 3.8) is 0 Å². The van der Waals surface area contributed by atoms with Crippen LogP contribution < -0.4 is 14.4 Å². The maximum atomic E-state index is 13.7. The third-order valence-corrected chi connectivity index (χ3v) is 8.14. The van der Waals surface area contributed by atoms with E-state index in [-0.39, 0.29) is 29.3 Å². The van der Waals surface area contributed by atoms with E-state index in [4.69, 9.17) is 4.74 Å². The Morgan fingerprint density at radius 3 is 2.14 bits per heavy atom. The summed E-state index contributed by atoms with van der Waals surface area (Å²) in [7, 11) is -2.32. The van der Waals surface area contributed by atoms with Crippen LogP contribution >= 0.6 is 0 Å². The monoisotopic (exact) mass is 508 g/mol. The lowest BCUT2D eigenvalue weighted by Gasteiger charge is -2.27. The topological polar surface area (TPSA) is 75.7 Å². The van der Waals surface area contributed by atoms with E-state index in [1.54, 1.807) is 43.5 Å². The van der Waals surface area contributed by atoms with Crippen LogP contribution in [0.5, 0.6) is 5.75 Å². The number of carbonyl (C=O) groups excluding carboxylic acids is 1. The number of amides is 1. The number of carbonyl (C=O) groups is 1. The van der Waals surface area contributed by atoms with Gasteiger partial charge in [-0.25, -0.2) is 8.42 Å². The molecule has 0 spiro atoms. The highest BCUT2D eigenvalue weighted by Crippen LogP contribution is 2.32. The maximum Gasteiger partial charge on any atom is 0.264 e. The van der Waals surface area contributed by atoms with Crippen molar-refractivity contribution in [2.45, 2.75) is 58.4 Å². The van der Waals surface area contributed by atoms with E-state index >= 15 is 0 Å². The lowest BCUT2D eigenvalue weighted by molar-refractivity contribution is -0.120. The summed E-state index contributed by atoms with van der Waals surface area (Å²) in [6.07, 6.45) is 0. The third kappa shape index (κ3) is 5.90. The number of anilines is 1. The summed E-state index contributed by atoms with van der Waals surface area (Å²) >= 11 is 0. The number of nitrogens with one attached hydrogen (secondary N) is 1. The van der Waals surface area contributed by atoms with E-state index in [2.05, 4.69) is 25.2 Å². The van der Waals surface area contributed by atoms with Crippen molar-refractivity contribution < 1.29 is 17.9 Å². The van der Waals surface area contributed by atoms with Gasteiger partial charge in [0, 0.05) is 0 Å². The van der Waals surface area contributed by atoms with Crippen LogP contribution in [0.4, 0.5) is 5.69 Å². The van der Waals surface area contributed by atoms with Crippen LogP contribution in [-0.4, -0.2) is 28.0 Å². The summed E-state index contributed by atoms with van der Waals surface area (Å²) in [5.41, 5.74) is 5.22. The number of hydrogen-bond donors (Lipinski definition) is 1. The van der Waals surface area contributed by atoms with Gasteiger partial charge in [0.05, 0.1) is 23.7 Å². The van der Waals surface area contributed by atoms with Crippen LogP contribution in [0.1, 0.15) is 60.5 Å². The van der Waals surface area contributed by atoms with Crippen LogP contribution in [0.15, 0.2) is 65.6 Å². The number of sulfonamides is 1. The molecule has 0 aromatic heterocycles. The van der Waals surface area contributed by atoms with Crippen molar-refractivity contribution in [3.05, 3.63) is 88.5 Å². The van der Waals surface area contributed by atoms with Gasteiger partial charge in [0.25, 0.3) is 10.0 Å². The molecule has 3 rings (SSSR count). The molecule has 0 unspecified atom stereocenters. The van der Waals surface area contributed by atoms with Gasteiger partial charge < -0.3 is 10.1 Å². The van der Waals surface area contributed by atoms with Crippen molar-refractivity contribution in [3.8, 4) is 5.75 Å². The molecule has 0 saturated carbocycles. The lowest BCUT2D eigenvalue weighted by Crippen LogP contribution is -2.42. The van der Waals surface area contributed by atoms with E-state index in [9.17, 15) is 13.2 Å². The fourth-order valence-corrected chi connectivity index (χ4v) is 5.77. The summed E-state index contributed by atoms with van der Waals surface area (Å²) in [5.74, 6) is 0.681. The van der Waals surface area contributed by atoms with E-state index in [1.807, 2.05) is 45.9 Å². The molecule has 0 aliphatic rings. The molecule has 0 fully saturated rings. The summed E-state index contributed by atoms with van der Waals surface area (Å²) in [4.78, 5) is 13.4. The molecule has 0 saturated heterocycles. The number of para-hydroxylation sites is 1. The molecule has 0 heterocycles. The second-order valence-electron chi connectivity index (χ2n) is 9.51. The minimum atomic E-state index is -3.97. The highest BCUT2D eigenvalue weighted by Gasteiger charge is 2.29. The third-order valence-electron chi connectivity index (χ3n) is 6.36. The number of hydrogen-bond acceptors (Lipinski definition) is 4. The standard InChI is InChI=1S/C29H36N2O4S/c1-19(2)25-17-26(22(5)16-28(25)35-7)23(6)30-29(32)18-31(27-11-9-8-10-21(27)4)36(33,34)24-14-12-20(3)13-15-24/h8-17,19,23H,18H2,1-7H3,(H,30,32)/t23-/m0/s1. The Balaban J connectivity index is 1.93. The van der Waals surface area contributed by atoms with Crippen LogP contribution in [0.3, 0.4) is 0 Å². The second kappa shape index (κ2) is 11.2. The largest absolute Gasteiger partial charge is 0.496 e. The number of aryl methyl sites for hydroxylation is 3. The maximum absolute atomic E-state index is 13.7. The SMILES string of the molecule is COc1cc(C)c([C@H](C)NC(=O)CN(c2ccccc2C)S(=O)(=O)c2ccc(C)cc2)cc1C(C)C. The zero-order valence-electron chi connectivity index (χ0n) is 22.1. The molecule has 0 aliphatic carbocycles. The highest BCUT2D eigenvalue weighted by atomic mass is 32.2.